The number of rotatable bonds is 6. The third-order valence-electron chi connectivity index (χ3n) is 6.26. The quantitative estimate of drug-likeness (QED) is 0.578. The van der Waals surface area contributed by atoms with Crippen molar-refractivity contribution in [3.8, 4) is 5.75 Å². The number of anilines is 1. The fraction of sp³-hybridized carbons (Fsp3) is 0.348. The fourth-order valence-corrected chi connectivity index (χ4v) is 4.52. The number of hydrogen-bond donors (Lipinski definition) is 2. The Labute approximate surface area is 179 Å². The third kappa shape index (κ3) is 3.71. The summed E-state index contributed by atoms with van der Waals surface area (Å²) in [6.45, 7) is 3.76. The van der Waals surface area contributed by atoms with Crippen molar-refractivity contribution in [1.82, 2.24) is 9.88 Å². The number of fused-ring (bicyclic) bond motifs is 2. The average molecular weight is 428 g/mol. The molecule has 1 saturated heterocycles. The molecule has 3 aromatic rings. The zero-order chi connectivity index (χ0) is 20.8. The molecule has 0 spiro atoms. The standard InChI is InChI=1S/C23H23ClFN3O2/c1-13(23(29)27-16-5-2-14(24)3-6-16)28-11-18-19(12-28)22(18)30-21-8-9-26-20-7-4-15(25)10-17(20)21/h2-10,13,18-19,22-23,27,29H,11-12H2,1H3. The number of likely N-dealkylation sites (tertiary alicyclic amines) is 1. The molecular formula is C23H23ClFN3O2. The smallest absolute Gasteiger partial charge is 0.139 e. The molecule has 5 rings (SSSR count). The minimum Gasteiger partial charge on any atom is -0.489 e. The van der Waals surface area contributed by atoms with Gasteiger partial charge in [0.15, 0.2) is 0 Å². The van der Waals surface area contributed by atoms with Gasteiger partial charge >= 0.3 is 0 Å². The van der Waals surface area contributed by atoms with Gasteiger partial charge in [0.1, 0.15) is 23.9 Å². The number of aliphatic hydroxyl groups excluding tert-OH is 1. The van der Waals surface area contributed by atoms with Gasteiger partial charge in [-0.3, -0.25) is 9.88 Å². The number of piperidine rings is 1. The van der Waals surface area contributed by atoms with Gasteiger partial charge in [0.2, 0.25) is 0 Å². The van der Waals surface area contributed by atoms with Crippen molar-refractivity contribution >= 4 is 28.2 Å². The zero-order valence-corrected chi connectivity index (χ0v) is 17.3. The molecule has 1 saturated carbocycles. The van der Waals surface area contributed by atoms with Gasteiger partial charge in [-0.2, -0.15) is 0 Å². The van der Waals surface area contributed by atoms with E-state index in [2.05, 4.69) is 15.2 Å². The SMILES string of the molecule is CC(C(O)Nc1ccc(Cl)cc1)N1CC2C(C1)C2Oc1ccnc2ccc(F)cc12. The molecule has 0 bridgehead atoms. The van der Waals surface area contributed by atoms with Crippen molar-refractivity contribution in [3.63, 3.8) is 0 Å². The monoisotopic (exact) mass is 427 g/mol. The van der Waals surface area contributed by atoms with E-state index >= 15 is 0 Å². The van der Waals surface area contributed by atoms with Crippen LogP contribution in [0.3, 0.4) is 0 Å². The second kappa shape index (κ2) is 7.69. The number of benzene rings is 2. The van der Waals surface area contributed by atoms with Gasteiger partial charge in [-0.1, -0.05) is 11.6 Å². The molecule has 1 aromatic heterocycles. The summed E-state index contributed by atoms with van der Waals surface area (Å²) in [7, 11) is 0. The van der Waals surface area contributed by atoms with E-state index in [4.69, 9.17) is 16.3 Å². The number of aliphatic hydroxyl groups is 1. The summed E-state index contributed by atoms with van der Waals surface area (Å²) < 4.78 is 19.9. The Balaban J connectivity index is 1.19. The predicted molar refractivity (Wildman–Crippen MR) is 115 cm³/mol. The highest BCUT2D eigenvalue weighted by atomic mass is 35.5. The Morgan fingerprint density at radius 2 is 1.90 bits per heavy atom. The van der Waals surface area contributed by atoms with Crippen LogP contribution in [0.15, 0.2) is 54.7 Å². The molecule has 0 amide bonds. The van der Waals surface area contributed by atoms with Gasteiger partial charge in [0, 0.05) is 47.2 Å². The second-order valence-corrected chi connectivity index (χ2v) is 8.61. The molecule has 7 heteroatoms. The van der Waals surface area contributed by atoms with E-state index in [1.807, 2.05) is 19.1 Å². The van der Waals surface area contributed by atoms with E-state index < -0.39 is 6.23 Å². The molecule has 4 unspecified atom stereocenters. The van der Waals surface area contributed by atoms with Gasteiger partial charge in [-0.15, -0.1) is 0 Å². The molecule has 1 aliphatic heterocycles. The highest BCUT2D eigenvalue weighted by Gasteiger charge is 2.59. The van der Waals surface area contributed by atoms with Crippen molar-refractivity contribution in [2.75, 3.05) is 18.4 Å². The highest BCUT2D eigenvalue weighted by molar-refractivity contribution is 6.30. The lowest BCUT2D eigenvalue weighted by Crippen LogP contribution is -2.45. The van der Waals surface area contributed by atoms with Gasteiger partial charge < -0.3 is 15.2 Å². The molecule has 30 heavy (non-hydrogen) atoms. The summed E-state index contributed by atoms with van der Waals surface area (Å²) in [5, 5.41) is 15.1. The van der Waals surface area contributed by atoms with E-state index in [-0.39, 0.29) is 18.0 Å². The van der Waals surface area contributed by atoms with E-state index in [1.54, 1.807) is 30.5 Å². The summed E-state index contributed by atoms with van der Waals surface area (Å²) in [5.41, 5.74) is 1.56. The van der Waals surface area contributed by atoms with Crippen molar-refractivity contribution in [2.45, 2.75) is 25.3 Å². The largest absolute Gasteiger partial charge is 0.489 e. The van der Waals surface area contributed by atoms with Crippen molar-refractivity contribution in [1.29, 1.82) is 0 Å². The van der Waals surface area contributed by atoms with Crippen LogP contribution in [-0.2, 0) is 0 Å². The minimum atomic E-state index is -0.685. The number of halogens is 2. The van der Waals surface area contributed by atoms with Crippen LogP contribution in [0.1, 0.15) is 6.92 Å². The Morgan fingerprint density at radius 1 is 1.17 bits per heavy atom. The number of ether oxygens (including phenoxy) is 1. The van der Waals surface area contributed by atoms with Crippen LogP contribution in [0.25, 0.3) is 10.9 Å². The van der Waals surface area contributed by atoms with Crippen LogP contribution in [0, 0.1) is 17.7 Å². The number of pyridine rings is 1. The number of hydrogen-bond acceptors (Lipinski definition) is 5. The normalized spacial score (nSPS) is 25.0. The Kier molecular flexibility index (Phi) is 5.01. The molecule has 5 nitrogen and oxygen atoms in total. The molecule has 2 N–H and O–H groups in total. The average Bonchev–Trinajstić information content (AvgIpc) is 3.17. The topological polar surface area (TPSA) is 57.6 Å². The Bertz CT molecular complexity index is 1050. The van der Waals surface area contributed by atoms with Gasteiger partial charge in [0.25, 0.3) is 0 Å². The van der Waals surface area contributed by atoms with Gasteiger partial charge in [-0.05, 0) is 55.5 Å². The molecule has 2 aromatic carbocycles. The first-order valence-electron chi connectivity index (χ1n) is 10.1. The predicted octanol–water partition coefficient (Wildman–Crippen LogP) is 4.16. The maximum absolute atomic E-state index is 13.7. The molecule has 2 heterocycles. The van der Waals surface area contributed by atoms with E-state index in [0.717, 1.165) is 24.3 Å². The second-order valence-electron chi connectivity index (χ2n) is 8.17. The lowest BCUT2D eigenvalue weighted by atomic mass is 10.2. The Hall–Kier alpha value is -2.41. The Morgan fingerprint density at radius 3 is 2.63 bits per heavy atom. The van der Waals surface area contributed by atoms with Crippen LogP contribution in [0.2, 0.25) is 5.02 Å². The summed E-state index contributed by atoms with van der Waals surface area (Å²) >= 11 is 5.91. The molecule has 2 fully saturated rings. The van der Waals surface area contributed by atoms with E-state index in [9.17, 15) is 9.50 Å². The molecule has 2 aliphatic rings. The molecule has 0 radical (unpaired) electrons. The first kappa shape index (κ1) is 19.5. The van der Waals surface area contributed by atoms with Crippen LogP contribution in [0.4, 0.5) is 10.1 Å². The first-order valence-corrected chi connectivity index (χ1v) is 10.5. The lowest BCUT2D eigenvalue weighted by molar-refractivity contribution is 0.0750. The summed E-state index contributed by atoms with van der Waals surface area (Å²) in [5.74, 6) is 1.24. The van der Waals surface area contributed by atoms with Crippen LogP contribution in [-0.4, -0.2) is 46.5 Å². The molecular weight excluding hydrogens is 405 g/mol. The molecule has 1 aliphatic carbocycles. The maximum atomic E-state index is 13.7. The minimum absolute atomic E-state index is 0.0371. The first-order chi connectivity index (χ1) is 14.5. The third-order valence-corrected chi connectivity index (χ3v) is 6.51. The zero-order valence-electron chi connectivity index (χ0n) is 16.5. The van der Waals surface area contributed by atoms with Crippen LogP contribution >= 0.6 is 11.6 Å². The number of aromatic nitrogens is 1. The summed E-state index contributed by atoms with van der Waals surface area (Å²) in [6.07, 6.45) is 1.14. The van der Waals surface area contributed by atoms with Crippen molar-refractivity contribution < 1.29 is 14.2 Å². The number of nitrogens with one attached hydrogen (secondary N) is 1. The van der Waals surface area contributed by atoms with Crippen molar-refractivity contribution in [2.24, 2.45) is 11.8 Å². The molecule has 4 atom stereocenters. The lowest BCUT2D eigenvalue weighted by Gasteiger charge is -2.31. The van der Waals surface area contributed by atoms with Gasteiger partial charge in [-0.25, -0.2) is 4.39 Å². The van der Waals surface area contributed by atoms with Crippen LogP contribution < -0.4 is 10.1 Å². The maximum Gasteiger partial charge on any atom is 0.139 e. The van der Waals surface area contributed by atoms with Crippen LogP contribution in [0.5, 0.6) is 5.75 Å². The highest BCUT2D eigenvalue weighted by Crippen LogP contribution is 2.49. The molecule has 156 valence electrons. The van der Waals surface area contributed by atoms with Gasteiger partial charge in [0.05, 0.1) is 11.6 Å². The summed E-state index contributed by atoms with van der Waals surface area (Å²) in [4.78, 5) is 6.56. The summed E-state index contributed by atoms with van der Waals surface area (Å²) in [6, 6.07) is 13.6. The van der Waals surface area contributed by atoms with Crippen molar-refractivity contribution in [3.05, 3.63) is 65.6 Å². The number of nitrogens with zero attached hydrogens (tertiary/aromatic N) is 2. The van der Waals surface area contributed by atoms with E-state index in [1.165, 1.54) is 12.1 Å². The fourth-order valence-electron chi connectivity index (χ4n) is 4.39. The van der Waals surface area contributed by atoms with E-state index in [0.29, 0.717) is 28.0 Å².